The standard InChI is InChI=1S/C29H50O2/c1-7-20(18(2)3)9-8-19(4)23-10-11-24-22-16-26-29(31-26)17-21(30)12-15-28(29,6)25(22)13-14-27(23,24)5/h18-26,30H,7-17H2,1-6H3/t19-,20-,21+,22+,23-,24+,25+,26?,27-,28-,29?/m1/s1. The molecule has 11 atom stereocenters. The SMILES string of the molecule is CC[C@H](CC[C@@H](C)[C@H]1CC[C@H]2[C@@H]3CC4OC45C[C@@H](O)CC[C@]5(C)[C@H]3CC[C@]12C)C(C)C. The van der Waals surface area contributed by atoms with Gasteiger partial charge in [0.15, 0.2) is 0 Å². The molecule has 0 bridgehead atoms. The van der Waals surface area contributed by atoms with E-state index in [1.165, 1.54) is 57.8 Å². The summed E-state index contributed by atoms with van der Waals surface area (Å²) in [7, 11) is 0. The Labute approximate surface area is 192 Å². The highest BCUT2D eigenvalue weighted by Crippen LogP contribution is 2.74. The van der Waals surface area contributed by atoms with Crippen LogP contribution in [0.1, 0.15) is 112 Å². The molecule has 5 fully saturated rings. The van der Waals surface area contributed by atoms with Gasteiger partial charge in [-0.05, 0) is 98.2 Å². The summed E-state index contributed by atoms with van der Waals surface area (Å²) in [5, 5.41) is 10.4. The van der Waals surface area contributed by atoms with Crippen molar-refractivity contribution in [1.82, 2.24) is 0 Å². The lowest BCUT2D eigenvalue weighted by molar-refractivity contribution is -0.116. The minimum atomic E-state index is -0.127. The van der Waals surface area contributed by atoms with Crippen LogP contribution in [0.2, 0.25) is 0 Å². The van der Waals surface area contributed by atoms with Gasteiger partial charge in [0.25, 0.3) is 0 Å². The van der Waals surface area contributed by atoms with Crippen LogP contribution in [0.25, 0.3) is 0 Å². The van der Waals surface area contributed by atoms with Crippen molar-refractivity contribution in [2.45, 2.75) is 130 Å². The lowest BCUT2D eigenvalue weighted by Gasteiger charge is -2.59. The molecule has 1 heterocycles. The van der Waals surface area contributed by atoms with Crippen LogP contribution in [0.3, 0.4) is 0 Å². The van der Waals surface area contributed by atoms with Crippen molar-refractivity contribution in [2.24, 2.45) is 52.3 Å². The molecule has 0 aromatic rings. The van der Waals surface area contributed by atoms with E-state index in [1.54, 1.807) is 0 Å². The van der Waals surface area contributed by atoms with Crippen molar-refractivity contribution in [1.29, 1.82) is 0 Å². The van der Waals surface area contributed by atoms with E-state index in [0.29, 0.717) is 16.9 Å². The number of ether oxygens (including phenoxy) is 1. The fourth-order valence-corrected chi connectivity index (χ4v) is 10.3. The fourth-order valence-electron chi connectivity index (χ4n) is 10.3. The first kappa shape index (κ1) is 22.7. The van der Waals surface area contributed by atoms with Crippen molar-refractivity contribution in [3.05, 3.63) is 0 Å². The average molecular weight is 431 g/mol. The molecule has 4 saturated carbocycles. The van der Waals surface area contributed by atoms with E-state index >= 15 is 0 Å². The van der Waals surface area contributed by atoms with Crippen molar-refractivity contribution in [3.63, 3.8) is 0 Å². The summed E-state index contributed by atoms with van der Waals surface area (Å²) >= 11 is 0. The first-order valence-corrected chi connectivity index (χ1v) is 14.0. The van der Waals surface area contributed by atoms with E-state index in [0.717, 1.165) is 54.3 Å². The number of aliphatic hydroxyl groups is 1. The second-order valence-electron chi connectivity index (χ2n) is 13.6. The van der Waals surface area contributed by atoms with Crippen molar-refractivity contribution < 1.29 is 9.84 Å². The molecular weight excluding hydrogens is 380 g/mol. The van der Waals surface area contributed by atoms with Crippen LogP contribution < -0.4 is 0 Å². The first-order chi connectivity index (χ1) is 14.7. The summed E-state index contributed by atoms with van der Waals surface area (Å²) in [6.07, 6.45) is 14.7. The Morgan fingerprint density at radius 3 is 2.45 bits per heavy atom. The van der Waals surface area contributed by atoms with Gasteiger partial charge < -0.3 is 9.84 Å². The monoisotopic (exact) mass is 430 g/mol. The van der Waals surface area contributed by atoms with E-state index in [4.69, 9.17) is 4.74 Å². The summed E-state index contributed by atoms with van der Waals surface area (Å²) in [6.45, 7) is 15.1. The maximum atomic E-state index is 10.4. The van der Waals surface area contributed by atoms with E-state index in [1.807, 2.05) is 0 Å². The summed E-state index contributed by atoms with van der Waals surface area (Å²) in [5.74, 6) is 6.15. The zero-order valence-electron chi connectivity index (χ0n) is 21.3. The Balaban J connectivity index is 1.31. The Hall–Kier alpha value is -0.0800. The van der Waals surface area contributed by atoms with E-state index < -0.39 is 0 Å². The highest BCUT2D eigenvalue weighted by molar-refractivity contribution is 5.24. The largest absolute Gasteiger partial charge is 0.393 e. The molecule has 0 aromatic heterocycles. The molecule has 1 N–H and O–H groups in total. The summed E-state index contributed by atoms with van der Waals surface area (Å²) in [5.41, 5.74) is 0.910. The molecule has 0 amide bonds. The lowest BCUT2D eigenvalue weighted by Crippen LogP contribution is -2.58. The molecule has 5 rings (SSSR count). The molecule has 1 spiro atoms. The Morgan fingerprint density at radius 1 is 0.968 bits per heavy atom. The topological polar surface area (TPSA) is 32.8 Å². The highest BCUT2D eigenvalue weighted by atomic mass is 16.6. The summed E-state index contributed by atoms with van der Waals surface area (Å²) < 4.78 is 6.53. The van der Waals surface area contributed by atoms with Gasteiger partial charge in [-0.3, -0.25) is 0 Å². The van der Waals surface area contributed by atoms with Crippen LogP contribution in [-0.4, -0.2) is 22.9 Å². The van der Waals surface area contributed by atoms with Crippen molar-refractivity contribution >= 4 is 0 Å². The lowest BCUT2D eigenvalue weighted by atomic mass is 9.44. The van der Waals surface area contributed by atoms with Gasteiger partial charge in [0.2, 0.25) is 0 Å². The second-order valence-corrected chi connectivity index (χ2v) is 13.6. The van der Waals surface area contributed by atoms with Crippen LogP contribution in [0.5, 0.6) is 0 Å². The molecular formula is C29H50O2. The molecule has 178 valence electrons. The molecule has 5 aliphatic rings. The maximum Gasteiger partial charge on any atom is 0.103 e. The molecule has 1 saturated heterocycles. The number of rotatable bonds is 6. The number of aliphatic hydroxyl groups excluding tert-OH is 1. The van der Waals surface area contributed by atoms with Gasteiger partial charge in [0.05, 0.1) is 12.2 Å². The minimum absolute atomic E-state index is 0.0386. The molecule has 0 radical (unpaired) electrons. The van der Waals surface area contributed by atoms with Gasteiger partial charge in [-0.25, -0.2) is 0 Å². The number of epoxide rings is 1. The van der Waals surface area contributed by atoms with Crippen LogP contribution in [0.4, 0.5) is 0 Å². The van der Waals surface area contributed by atoms with Crippen LogP contribution in [-0.2, 0) is 4.74 Å². The molecule has 2 nitrogen and oxygen atoms in total. The Kier molecular flexibility index (Phi) is 5.66. The number of fused-ring (bicyclic) bond motifs is 4. The third kappa shape index (κ3) is 3.23. The average Bonchev–Trinajstić information content (AvgIpc) is 3.29. The third-order valence-electron chi connectivity index (χ3n) is 12.3. The van der Waals surface area contributed by atoms with Gasteiger partial charge in [-0.2, -0.15) is 0 Å². The van der Waals surface area contributed by atoms with E-state index in [2.05, 4.69) is 41.5 Å². The quantitative estimate of drug-likeness (QED) is 0.451. The first-order valence-electron chi connectivity index (χ1n) is 14.0. The molecule has 1 aliphatic heterocycles. The van der Waals surface area contributed by atoms with Crippen LogP contribution in [0.15, 0.2) is 0 Å². The Bertz CT molecular complexity index is 674. The predicted molar refractivity (Wildman–Crippen MR) is 128 cm³/mol. The Morgan fingerprint density at radius 2 is 1.74 bits per heavy atom. The van der Waals surface area contributed by atoms with Crippen molar-refractivity contribution in [2.75, 3.05) is 0 Å². The molecule has 2 unspecified atom stereocenters. The van der Waals surface area contributed by atoms with E-state index in [-0.39, 0.29) is 11.7 Å². The number of hydrogen-bond acceptors (Lipinski definition) is 2. The smallest absolute Gasteiger partial charge is 0.103 e. The highest BCUT2D eigenvalue weighted by Gasteiger charge is 2.76. The van der Waals surface area contributed by atoms with Gasteiger partial charge in [-0.15, -0.1) is 0 Å². The van der Waals surface area contributed by atoms with Gasteiger partial charge >= 0.3 is 0 Å². The minimum Gasteiger partial charge on any atom is -0.393 e. The molecule has 31 heavy (non-hydrogen) atoms. The fraction of sp³-hybridized carbons (Fsp3) is 1.00. The normalized spacial score (nSPS) is 52.6. The van der Waals surface area contributed by atoms with Gasteiger partial charge in [0.1, 0.15) is 5.60 Å². The predicted octanol–water partition coefficient (Wildman–Crippen LogP) is 7.24. The zero-order valence-corrected chi connectivity index (χ0v) is 21.3. The zero-order chi connectivity index (χ0) is 22.2. The molecule has 2 heteroatoms. The maximum absolute atomic E-state index is 10.4. The molecule has 4 aliphatic carbocycles. The van der Waals surface area contributed by atoms with Crippen LogP contribution >= 0.6 is 0 Å². The van der Waals surface area contributed by atoms with Crippen molar-refractivity contribution in [3.8, 4) is 0 Å². The van der Waals surface area contributed by atoms with Gasteiger partial charge in [0, 0.05) is 11.8 Å². The second kappa shape index (κ2) is 7.72. The van der Waals surface area contributed by atoms with Gasteiger partial charge in [-0.1, -0.05) is 54.4 Å². The summed E-state index contributed by atoms with van der Waals surface area (Å²) in [4.78, 5) is 0. The number of hydrogen-bond donors (Lipinski definition) is 1. The van der Waals surface area contributed by atoms with E-state index in [9.17, 15) is 5.11 Å². The third-order valence-corrected chi connectivity index (χ3v) is 12.3. The van der Waals surface area contributed by atoms with Crippen LogP contribution in [0, 0.1) is 52.3 Å². The summed E-state index contributed by atoms with van der Waals surface area (Å²) in [6, 6.07) is 0. The molecule has 0 aromatic carbocycles.